The third-order valence-electron chi connectivity index (χ3n) is 9.31. The van der Waals surface area contributed by atoms with Crippen LogP contribution in [-0.4, -0.2) is 48.7 Å². The maximum Gasteiger partial charge on any atom is 0.151 e. The van der Waals surface area contributed by atoms with Gasteiger partial charge in [-0.1, -0.05) is 48.9 Å². The van der Waals surface area contributed by atoms with Crippen LogP contribution in [0.4, 0.5) is 8.78 Å². The fourth-order valence-corrected chi connectivity index (χ4v) is 6.97. The number of benzene rings is 3. The lowest BCUT2D eigenvalue weighted by Crippen LogP contribution is -2.36. The molecule has 2 saturated heterocycles. The van der Waals surface area contributed by atoms with Crippen molar-refractivity contribution < 1.29 is 13.9 Å². The fraction of sp³-hybridized carbons (Fsp3) is 0.406. The molecule has 3 atom stereocenters. The van der Waals surface area contributed by atoms with Gasteiger partial charge < -0.3 is 10.8 Å². The molecule has 2 bridgehead atoms. The average molecular weight is 591 g/mol. The Morgan fingerprint density at radius 1 is 1.10 bits per heavy atom. The van der Waals surface area contributed by atoms with Gasteiger partial charge >= 0.3 is 0 Å². The number of hydrogen-bond donors (Lipinski definition) is 2. The molecule has 7 nitrogen and oxygen atoms in total. The summed E-state index contributed by atoms with van der Waals surface area (Å²) in [7, 11) is 0. The molecule has 0 aliphatic carbocycles. The molecule has 2 aliphatic rings. The second kappa shape index (κ2) is 11.0. The van der Waals surface area contributed by atoms with Crippen LogP contribution in [0.15, 0.2) is 42.5 Å². The van der Waals surface area contributed by atoms with Crippen LogP contribution < -0.4 is 5.73 Å². The van der Waals surface area contributed by atoms with Crippen molar-refractivity contribution in [3.63, 3.8) is 0 Å². The first-order valence-corrected chi connectivity index (χ1v) is 14.8. The number of hydrogen-bond acceptors (Lipinski definition) is 6. The number of aliphatic hydroxyl groups is 1. The summed E-state index contributed by atoms with van der Waals surface area (Å²) in [6.07, 6.45) is 4.17. The second-order valence-electron chi connectivity index (χ2n) is 11.7. The highest BCUT2D eigenvalue weighted by molar-refractivity contribution is 6.35. The summed E-state index contributed by atoms with van der Waals surface area (Å²) < 4.78 is 32.4. The molecule has 2 fully saturated rings. The maximum absolute atomic E-state index is 16.1. The molecule has 0 amide bonds. The fourth-order valence-electron chi connectivity index (χ4n) is 6.67. The van der Waals surface area contributed by atoms with Gasteiger partial charge in [0.15, 0.2) is 5.82 Å². The van der Waals surface area contributed by atoms with Crippen LogP contribution in [0.5, 0.6) is 0 Å². The summed E-state index contributed by atoms with van der Waals surface area (Å²) in [6, 6.07) is 14.5. The molecule has 1 aromatic heterocycles. The van der Waals surface area contributed by atoms with Crippen LogP contribution in [0.2, 0.25) is 5.02 Å². The quantitative estimate of drug-likeness (QED) is 0.254. The first kappa shape index (κ1) is 28.7. The van der Waals surface area contributed by atoms with E-state index in [-0.39, 0.29) is 28.7 Å². The molecular weight excluding hydrogens is 558 g/mol. The summed E-state index contributed by atoms with van der Waals surface area (Å²) >= 11 is 6.63. The van der Waals surface area contributed by atoms with Gasteiger partial charge in [-0.2, -0.15) is 5.26 Å². The lowest BCUT2D eigenvalue weighted by Gasteiger charge is -2.25. The Morgan fingerprint density at radius 2 is 1.88 bits per heavy atom. The minimum absolute atomic E-state index is 0.0644. The highest BCUT2D eigenvalue weighted by Crippen LogP contribution is 2.42. The number of aromatic nitrogens is 3. The number of halogens is 3. The zero-order valence-electron chi connectivity index (χ0n) is 23.6. The minimum Gasteiger partial charge on any atom is -0.388 e. The Labute approximate surface area is 248 Å². The van der Waals surface area contributed by atoms with Gasteiger partial charge in [-0.3, -0.25) is 4.90 Å². The minimum atomic E-state index is -1.03. The van der Waals surface area contributed by atoms with Gasteiger partial charge in [0.2, 0.25) is 0 Å². The summed E-state index contributed by atoms with van der Waals surface area (Å²) in [5.74, 6) is -1.30. The molecule has 2 aliphatic heterocycles. The number of nitrogens with zero attached hydrogens (tertiary/aromatic N) is 5. The van der Waals surface area contributed by atoms with Crippen LogP contribution in [0.25, 0.3) is 33.3 Å². The van der Waals surface area contributed by atoms with Crippen molar-refractivity contribution in [2.75, 3.05) is 0 Å². The van der Waals surface area contributed by atoms with Gasteiger partial charge in [-0.05, 0) is 78.6 Å². The van der Waals surface area contributed by atoms with Gasteiger partial charge in [-0.15, -0.1) is 5.10 Å². The van der Waals surface area contributed by atoms with E-state index in [1.165, 1.54) is 16.8 Å². The Balaban J connectivity index is 1.46. The first-order chi connectivity index (χ1) is 20.2. The second-order valence-corrected chi connectivity index (χ2v) is 12.0. The van der Waals surface area contributed by atoms with Gasteiger partial charge in [0, 0.05) is 30.2 Å². The summed E-state index contributed by atoms with van der Waals surface area (Å²) in [5.41, 5.74) is 8.81. The van der Waals surface area contributed by atoms with Crippen LogP contribution in [0.1, 0.15) is 57.1 Å². The van der Waals surface area contributed by atoms with Crippen molar-refractivity contribution in [3.8, 4) is 28.3 Å². The van der Waals surface area contributed by atoms with E-state index in [2.05, 4.69) is 15.2 Å². The Morgan fingerprint density at radius 3 is 2.52 bits per heavy atom. The monoisotopic (exact) mass is 590 g/mol. The van der Waals surface area contributed by atoms with Crippen LogP contribution >= 0.6 is 11.6 Å². The van der Waals surface area contributed by atoms with E-state index in [9.17, 15) is 14.8 Å². The number of nitrogens with two attached hydrogens (primary N) is 1. The molecule has 0 spiro atoms. The van der Waals surface area contributed by atoms with Crippen molar-refractivity contribution in [2.24, 2.45) is 5.73 Å². The molecule has 0 unspecified atom stereocenters. The summed E-state index contributed by atoms with van der Waals surface area (Å²) in [4.78, 5) is 2.44. The zero-order chi connectivity index (χ0) is 29.8. The topological polar surface area (TPSA) is 104 Å². The Kier molecular flexibility index (Phi) is 7.52. The molecule has 3 N–H and O–H groups in total. The lowest BCUT2D eigenvalue weighted by molar-refractivity contribution is 0.0125. The van der Waals surface area contributed by atoms with E-state index in [1.54, 1.807) is 12.1 Å². The van der Waals surface area contributed by atoms with Crippen molar-refractivity contribution in [3.05, 3.63) is 70.2 Å². The largest absolute Gasteiger partial charge is 0.388 e. The molecule has 3 heterocycles. The average Bonchev–Trinajstić information content (AvgIpc) is 3.66. The van der Waals surface area contributed by atoms with Gasteiger partial charge in [0.25, 0.3) is 0 Å². The Bertz CT molecular complexity index is 1710. The third-order valence-corrected chi connectivity index (χ3v) is 9.65. The smallest absolute Gasteiger partial charge is 0.151 e. The molecule has 218 valence electrons. The molecule has 10 heteroatoms. The number of fused-ring (bicyclic) bond motifs is 3. The molecule has 0 saturated carbocycles. The van der Waals surface area contributed by atoms with E-state index in [1.807, 2.05) is 38.1 Å². The maximum atomic E-state index is 16.1. The number of rotatable bonds is 8. The molecule has 3 aromatic carbocycles. The van der Waals surface area contributed by atoms with E-state index in [0.717, 1.165) is 24.8 Å². The van der Waals surface area contributed by atoms with Crippen molar-refractivity contribution in [2.45, 2.75) is 82.8 Å². The zero-order valence-corrected chi connectivity index (χ0v) is 24.4. The SMILES string of the molecule is CCC(O)(CC)Cn1nnc2cc(-c3ccc(CN4[C@@H]5CC[C@H]4[C@@H](N)C5)cc3-c3ccc(C#N)c(F)c3)c(F)c(Cl)c21. The van der Waals surface area contributed by atoms with Gasteiger partial charge in [-0.25, -0.2) is 13.5 Å². The molecular formula is C32H33ClF2N6O. The van der Waals surface area contributed by atoms with Crippen LogP contribution in [-0.2, 0) is 13.1 Å². The van der Waals surface area contributed by atoms with E-state index >= 15 is 4.39 Å². The first-order valence-electron chi connectivity index (χ1n) is 14.4. The van der Waals surface area contributed by atoms with E-state index < -0.39 is 17.2 Å². The van der Waals surface area contributed by atoms with Gasteiger partial charge in [0.05, 0.1) is 17.7 Å². The predicted molar refractivity (Wildman–Crippen MR) is 159 cm³/mol. The van der Waals surface area contributed by atoms with Crippen molar-refractivity contribution in [1.82, 2.24) is 19.9 Å². The van der Waals surface area contributed by atoms with Gasteiger partial charge in [0.1, 0.15) is 27.9 Å². The highest BCUT2D eigenvalue weighted by atomic mass is 35.5. The number of nitriles is 1. The standard InChI is InChI=1S/C32H33ClF2N6O/c1-3-32(42,4-2)17-41-31-27(38-39-41)14-24(30(35)29(31)33)22-9-5-18(16-40-21-8-10-28(40)26(37)13-21)11-23(22)19-6-7-20(15-36)25(34)12-19/h5-7,9,11-12,14,21,26,28,42H,3-4,8,10,13,16-17,37H2,1-2H3/t21-,26+,28+/m1/s1. The molecule has 0 radical (unpaired) electrons. The lowest BCUT2D eigenvalue weighted by atomic mass is 9.91. The molecule has 42 heavy (non-hydrogen) atoms. The molecule has 6 rings (SSSR count). The Hall–Kier alpha value is -3.42. The van der Waals surface area contributed by atoms with Crippen LogP contribution in [0, 0.1) is 23.0 Å². The predicted octanol–water partition coefficient (Wildman–Crippen LogP) is 6.18. The molecule has 4 aromatic rings. The van der Waals surface area contributed by atoms with E-state index in [0.29, 0.717) is 59.2 Å². The van der Waals surface area contributed by atoms with Crippen LogP contribution in [0.3, 0.4) is 0 Å². The summed E-state index contributed by atoms with van der Waals surface area (Å²) in [6.45, 7) is 4.57. The van der Waals surface area contributed by atoms with Crippen molar-refractivity contribution in [1.29, 1.82) is 5.26 Å². The normalized spacial score (nSPS) is 20.5. The summed E-state index contributed by atoms with van der Waals surface area (Å²) in [5, 5.41) is 28.4. The van der Waals surface area contributed by atoms with E-state index in [4.69, 9.17) is 17.3 Å². The van der Waals surface area contributed by atoms with Crippen molar-refractivity contribution >= 4 is 22.6 Å². The third kappa shape index (κ3) is 4.86. The highest BCUT2D eigenvalue weighted by Gasteiger charge is 2.44.